The van der Waals surface area contributed by atoms with Crippen molar-refractivity contribution in [1.82, 2.24) is 0 Å². The molecule has 1 saturated carbocycles. The quantitative estimate of drug-likeness (QED) is 0.194. The molecule has 1 N–H and O–H groups in total. The summed E-state index contributed by atoms with van der Waals surface area (Å²) in [6, 6.07) is -6.21. The second-order valence-electron chi connectivity index (χ2n) is 7.88. The van der Waals surface area contributed by atoms with Crippen LogP contribution in [0.25, 0.3) is 41.8 Å². The Morgan fingerprint density at radius 3 is 2.18 bits per heavy atom. The van der Waals surface area contributed by atoms with Gasteiger partial charge < -0.3 is 24.1 Å². The highest BCUT2D eigenvalue weighted by Gasteiger charge is 2.64. The highest BCUT2D eigenvalue weighted by atomic mass is 19.3. The molecule has 0 aromatic carbocycles. The average molecular weight is 548 g/mol. The van der Waals surface area contributed by atoms with Crippen LogP contribution in [-0.4, -0.2) is 84.2 Å². The highest BCUT2D eigenvalue weighted by molar-refractivity contribution is 5.67. The summed E-state index contributed by atoms with van der Waals surface area (Å²) in [4.78, 5) is 32.6. The van der Waals surface area contributed by atoms with E-state index < -0.39 is 85.5 Å². The van der Waals surface area contributed by atoms with Crippen molar-refractivity contribution in [1.29, 1.82) is 0 Å². The monoisotopic (exact) mass is 548 g/mol. The van der Waals surface area contributed by atoms with Crippen molar-refractivity contribution < 1.29 is 46.8 Å². The second kappa shape index (κ2) is 12.4. The minimum absolute atomic E-state index is 0.743. The van der Waals surface area contributed by atoms with Crippen molar-refractivity contribution >= 4 is 11.9 Å². The van der Waals surface area contributed by atoms with Gasteiger partial charge in [-0.05, 0) is 28.5 Å². The molecular formula is C16H19F3N12O7. The number of ether oxygens (including phenoxy) is 4. The highest BCUT2D eigenvalue weighted by Crippen LogP contribution is 2.43. The lowest BCUT2D eigenvalue weighted by molar-refractivity contribution is -0.334. The number of carbonyl (C=O) groups excluding carboxylic acids is 2. The minimum Gasteiger partial charge on any atom is -0.453 e. The summed E-state index contributed by atoms with van der Waals surface area (Å²) in [6.07, 6.45) is -12.2. The van der Waals surface area contributed by atoms with Gasteiger partial charge in [0.25, 0.3) is 11.8 Å². The molecule has 0 radical (unpaired) electrons. The first-order valence-corrected chi connectivity index (χ1v) is 10.4. The van der Waals surface area contributed by atoms with E-state index in [0.717, 1.165) is 13.8 Å². The van der Waals surface area contributed by atoms with Gasteiger partial charge in [-0.1, -0.05) is 20.5 Å². The van der Waals surface area contributed by atoms with E-state index in [2.05, 4.69) is 49.6 Å². The first-order chi connectivity index (χ1) is 17.9. The number of esters is 2. The van der Waals surface area contributed by atoms with E-state index in [4.69, 9.17) is 31.6 Å². The predicted octanol–water partition coefficient (Wildman–Crippen LogP) is 3.00. The summed E-state index contributed by atoms with van der Waals surface area (Å²) < 4.78 is 66.4. The zero-order valence-electron chi connectivity index (χ0n) is 19.4. The number of hydrogen-bond acceptors (Lipinski definition) is 11. The summed E-state index contributed by atoms with van der Waals surface area (Å²) >= 11 is 0. The number of aliphatic hydroxyl groups excluding tert-OH is 1. The van der Waals surface area contributed by atoms with Crippen LogP contribution >= 0.6 is 0 Å². The molecule has 2 rings (SSSR count). The van der Waals surface area contributed by atoms with Gasteiger partial charge in [0.05, 0.1) is 12.6 Å². The van der Waals surface area contributed by atoms with Gasteiger partial charge in [-0.25, -0.2) is 8.78 Å². The first kappa shape index (κ1) is 30.1. The van der Waals surface area contributed by atoms with Crippen molar-refractivity contribution in [3.63, 3.8) is 0 Å². The molecule has 9 atom stereocenters. The van der Waals surface area contributed by atoms with Gasteiger partial charge in [0.15, 0.2) is 24.5 Å². The van der Waals surface area contributed by atoms with Crippen LogP contribution in [0.3, 0.4) is 0 Å². The molecule has 1 saturated heterocycles. The molecule has 19 nitrogen and oxygen atoms in total. The number of halogens is 3. The number of azide groups is 4. The van der Waals surface area contributed by atoms with Crippen molar-refractivity contribution in [2.24, 2.45) is 20.5 Å². The topological polar surface area (TPSA) is 286 Å². The average Bonchev–Trinajstić information content (AvgIpc) is 2.82. The Labute approximate surface area is 209 Å². The molecule has 0 aromatic heterocycles. The fraction of sp³-hybridized carbons (Fsp3) is 0.875. The fourth-order valence-corrected chi connectivity index (χ4v) is 3.99. The number of rotatable bonds is 9. The lowest BCUT2D eigenvalue weighted by Crippen LogP contribution is -2.67. The molecular weight excluding hydrogens is 529 g/mol. The molecule has 38 heavy (non-hydrogen) atoms. The molecule has 0 aromatic rings. The Kier molecular flexibility index (Phi) is 9.81. The molecule has 0 bridgehead atoms. The molecule has 2 aliphatic rings. The fourth-order valence-electron chi connectivity index (χ4n) is 3.99. The second-order valence-corrected chi connectivity index (χ2v) is 7.88. The molecule has 0 spiro atoms. The third-order valence-electron chi connectivity index (χ3n) is 5.47. The van der Waals surface area contributed by atoms with Crippen LogP contribution in [0.15, 0.2) is 20.5 Å². The maximum atomic E-state index is 15.8. The van der Waals surface area contributed by atoms with Crippen LogP contribution in [-0.2, 0) is 28.5 Å². The molecule has 22 heteroatoms. The molecule has 1 heterocycles. The summed E-state index contributed by atoms with van der Waals surface area (Å²) in [6.45, 7) is 0.707. The Balaban J connectivity index is 2.58. The van der Waals surface area contributed by atoms with E-state index in [9.17, 15) is 14.7 Å². The largest absolute Gasteiger partial charge is 0.453 e. The SMILES string of the molecule is CC(=O)O[C@@H]1[C@@H](CN=[N+]=[N-])O[C@H](O[C@@H]2C(N=[N+]=[N-])CC(N=[N+]=[N-])[C@](F)(OC(C)=O)[C@H]2O)C(N=[N+]=[N-])C1(F)F. The van der Waals surface area contributed by atoms with Crippen molar-refractivity contribution in [2.45, 2.75) is 80.9 Å². The third-order valence-corrected chi connectivity index (χ3v) is 5.47. The van der Waals surface area contributed by atoms with Crippen LogP contribution in [0.5, 0.6) is 0 Å². The van der Waals surface area contributed by atoms with Gasteiger partial charge in [-0.15, -0.1) is 0 Å². The summed E-state index contributed by atoms with van der Waals surface area (Å²) in [5.41, 5.74) is 35.2. The van der Waals surface area contributed by atoms with Gasteiger partial charge in [0.1, 0.15) is 18.2 Å². The lowest BCUT2D eigenvalue weighted by atomic mass is 9.82. The van der Waals surface area contributed by atoms with Crippen LogP contribution < -0.4 is 0 Å². The maximum Gasteiger partial charge on any atom is 0.305 e. The zero-order valence-corrected chi connectivity index (χ0v) is 19.4. The molecule has 1 aliphatic carbocycles. The zero-order chi connectivity index (χ0) is 28.7. The molecule has 206 valence electrons. The van der Waals surface area contributed by atoms with Crippen LogP contribution in [0, 0.1) is 0 Å². The standard InChI is InChI=1S/C16H19F3N12O7/c1-5(32)35-13-8(4-24-28-20)36-14(11(27-31-23)15(13,17)18)37-10-7(25-29-21)3-9(26-30-22)16(19,12(10)34)38-6(2)33/h7-14,34H,3-4H2,1-2H3/t7?,8-,9?,10-,11?,12+,13-,14-,16+/m1/s1. The van der Waals surface area contributed by atoms with Crippen molar-refractivity contribution in [3.8, 4) is 0 Å². The van der Waals surface area contributed by atoms with Gasteiger partial charge in [0.2, 0.25) is 0 Å². The predicted molar refractivity (Wildman–Crippen MR) is 113 cm³/mol. The maximum absolute atomic E-state index is 15.8. The van der Waals surface area contributed by atoms with Gasteiger partial charge in [-0.3, -0.25) is 9.59 Å². The van der Waals surface area contributed by atoms with Crippen LogP contribution in [0.2, 0.25) is 0 Å². The number of alkyl halides is 3. The van der Waals surface area contributed by atoms with E-state index in [-0.39, 0.29) is 0 Å². The van der Waals surface area contributed by atoms with Crippen molar-refractivity contribution in [3.05, 3.63) is 41.8 Å². The first-order valence-electron chi connectivity index (χ1n) is 10.4. The summed E-state index contributed by atoms with van der Waals surface area (Å²) in [7, 11) is 0. The summed E-state index contributed by atoms with van der Waals surface area (Å²) in [5, 5.41) is 23.2. The van der Waals surface area contributed by atoms with E-state index in [1.165, 1.54) is 0 Å². The molecule has 1 aliphatic heterocycles. The number of aliphatic hydroxyl groups is 1. The minimum atomic E-state index is -4.25. The normalized spacial score (nSPS) is 35.6. The van der Waals surface area contributed by atoms with E-state index in [1.807, 2.05) is 0 Å². The summed E-state index contributed by atoms with van der Waals surface area (Å²) in [5.74, 6) is -10.2. The van der Waals surface area contributed by atoms with Gasteiger partial charge in [0, 0.05) is 33.5 Å². The van der Waals surface area contributed by atoms with Gasteiger partial charge in [-0.2, -0.15) is 4.39 Å². The Hall–Kier alpha value is -4.15. The Bertz CT molecular complexity index is 1120. The van der Waals surface area contributed by atoms with Crippen molar-refractivity contribution in [2.75, 3.05) is 6.54 Å². The van der Waals surface area contributed by atoms with E-state index in [0.29, 0.717) is 0 Å². The number of hydrogen-bond donors (Lipinski definition) is 1. The molecule has 0 amide bonds. The van der Waals surface area contributed by atoms with Crippen LogP contribution in [0.4, 0.5) is 13.2 Å². The smallest absolute Gasteiger partial charge is 0.305 e. The number of nitrogens with zero attached hydrogens (tertiary/aromatic N) is 12. The molecule has 3 unspecified atom stereocenters. The number of carbonyl (C=O) groups is 2. The molecule has 2 fully saturated rings. The van der Waals surface area contributed by atoms with Crippen LogP contribution in [0.1, 0.15) is 20.3 Å². The lowest BCUT2D eigenvalue weighted by Gasteiger charge is -2.48. The third kappa shape index (κ3) is 6.21. The van der Waals surface area contributed by atoms with Gasteiger partial charge >= 0.3 is 11.9 Å². The van der Waals surface area contributed by atoms with E-state index in [1.54, 1.807) is 0 Å². The van der Waals surface area contributed by atoms with E-state index >= 15 is 13.2 Å². The Morgan fingerprint density at radius 1 is 1.03 bits per heavy atom. The Morgan fingerprint density at radius 2 is 1.66 bits per heavy atom.